The van der Waals surface area contributed by atoms with Crippen LogP contribution < -0.4 is 16.0 Å². The Morgan fingerprint density at radius 3 is 2.53 bits per heavy atom. The van der Waals surface area contributed by atoms with Gasteiger partial charge in [0.15, 0.2) is 0 Å². The Bertz CT molecular complexity index is 971. The average Bonchev–Trinajstić information content (AvgIpc) is 3.07. The normalized spacial score (nSPS) is 18.4. The molecule has 0 radical (unpaired) electrons. The summed E-state index contributed by atoms with van der Waals surface area (Å²) in [5.41, 5.74) is 4.91. The molecule has 3 N–H and O–H groups in total. The van der Waals surface area contributed by atoms with E-state index in [-0.39, 0.29) is 24.1 Å². The van der Waals surface area contributed by atoms with Crippen LogP contribution in [0.25, 0.3) is 0 Å². The second-order valence-corrected chi connectivity index (χ2v) is 7.72. The molecule has 30 heavy (non-hydrogen) atoms. The quantitative estimate of drug-likeness (QED) is 0.613. The van der Waals surface area contributed by atoms with Crippen LogP contribution in [0.3, 0.4) is 0 Å². The third-order valence-electron chi connectivity index (χ3n) is 5.62. The van der Waals surface area contributed by atoms with Crippen molar-refractivity contribution in [1.82, 2.24) is 15.5 Å². The van der Waals surface area contributed by atoms with E-state index >= 15 is 0 Å². The van der Waals surface area contributed by atoms with E-state index in [9.17, 15) is 14.4 Å². The Balaban J connectivity index is 1.39. The topological polar surface area (TPSA) is 90.5 Å². The third-order valence-corrected chi connectivity index (χ3v) is 5.62. The molecule has 0 spiro atoms. The second-order valence-electron chi connectivity index (χ2n) is 7.72. The fourth-order valence-electron chi connectivity index (χ4n) is 3.95. The van der Waals surface area contributed by atoms with Crippen molar-refractivity contribution < 1.29 is 14.4 Å². The SMILES string of the molecule is CCNCc1ccc(NCc2ccc3c(c2)CN(C2CCC(=O)NC2=O)C3=O)cc1. The number of benzene rings is 2. The predicted molar refractivity (Wildman–Crippen MR) is 114 cm³/mol. The van der Waals surface area contributed by atoms with Crippen molar-refractivity contribution >= 4 is 23.4 Å². The van der Waals surface area contributed by atoms with Crippen molar-refractivity contribution in [3.63, 3.8) is 0 Å². The van der Waals surface area contributed by atoms with Gasteiger partial charge in [-0.2, -0.15) is 0 Å². The van der Waals surface area contributed by atoms with E-state index in [1.165, 1.54) is 5.56 Å². The molecule has 1 unspecified atom stereocenters. The summed E-state index contributed by atoms with van der Waals surface area (Å²) in [5.74, 6) is -0.800. The standard InChI is InChI=1S/C23H26N4O3/c1-2-24-12-15-3-6-18(7-4-15)25-13-16-5-8-19-17(11-16)14-27(23(19)30)20-9-10-21(28)26-22(20)29/h3-8,11,20,24-25H,2,9-10,12-14H2,1H3,(H,26,28,29). The molecule has 2 heterocycles. The molecule has 0 aliphatic carbocycles. The predicted octanol–water partition coefficient (Wildman–Crippen LogP) is 2.17. The number of nitrogens with one attached hydrogen (secondary N) is 3. The summed E-state index contributed by atoms with van der Waals surface area (Å²) in [4.78, 5) is 37.9. The lowest BCUT2D eigenvalue weighted by molar-refractivity contribution is -0.136. The molecule has 0 aromatic heterocycles. The highest BCUT2D eigenvalue weighted by atomic mass is 16.2. The highest BCUT2D eigenvalue weighted by molar-refractivity contribution is 6.05. The molecule has 2 aliphatic heterocycles. The Hall–Kier alpha value is -3.19. The first-order valence-corrected chi connectivity index (χ1v) is 10.3. The van der Waals surface area contributed by atoms with E-state index < -0.39 is 6.04 Å². The van der Waals surface area contributed by atoms with Crippen molar-refractivity contribution in [3.05, 3.63) is 64.7 Å². The average molecular weight is 406 g/mol. The summed E-state index contributed by atoms with van der Waals surface area (Å²) in [7, 11) is 0. The fourth-order valence-corrected chi connectivity index (χ4v) is 3.95. The van der Waals surface area contributed by atoms with Crippen molar-refractivity contribution in [3.8, 4) is 0 Å². The molecule has 7 heteroatoms. The Kier molecular flexibility index (Phi) is 5.81. The van der Waals surface area contributed by atoms with Gasteiger partial charge < -0.3 is 15.5 Å². The summed E-state index contributed by atoms with van der Waals surface area (Å²) >= 11 is 0. The van der Waals surface area contributed by atoms with Crippen LogP contribution in [0.15, 0.2) is 42.5 Å². The van der Waals surface area contributed by atoms with Crippen LogP contribution in [0.2, 0.25) is 0 Å². The molecule has 2 aliphatic rings. The molecule has 156 valence electrons. The molecule has 1 fully saturated rings. The van der Waals surface area contributed by atoms with Crippen LogP contribution in [0.5, 0.6) is 0 Å². The molecule has 0 bridgehead atoms. The van der Waals surface area contributed by atoms with Crippen molar-refractivity contribution in [1.29, 1.82) is 0 Å². The number of anilines is 1. The van der Waals surface area contributed by atoms with Gasteiger partial charge in [-0.05, 0) is 47.9 Å². The number of amides is 3. The summed E-state index contributed by atoms with van der Waals surface area (Å²) < 4.78 is 0. The van der Waals surface area contributed by atoms with Crippen LogP contribution in [0.1, 0.15) is 46.8 Å². The first-order valence-electron chi connectivity index (χ1n) is 10.3. The zero-order valence-corrected chi connectivity index (χ0v) is 17.0. The zero-order chi connectivity index (χ0) is 21.1. The van der Waals surface area contributed by atoms with Crippen LogP contribution >= 0.6 is 0 Å². The maximum atomic E-state index is 12.8. The molecule has 1 saturated heterocycles. The van der Waals surface area contributed by atoms with E-state index in [0.717, 1.165) is 29.9 Å². The molecule has 3 amide bonds. The molecule has 2 aromatic rings. The van der Waals surface area contributed by atoms with Gasteiger partial charge in [0, 0.05) is 37.3 Å². The Labute approximate surface area is 175 Å². The molecular weight excluding hydrogens is 380 g/mol. The molecule has 4 rings (SSSR count). The summed E-state index contributed by atoms with van der Waals surface area (Å²) in [5, 5.41) is 9.05. The van der Waals surface area contributed by atoms with Crippen LogP contribution in [0, 0.1) is 0 Å². The van der Waals surface area contributed by atoms with E-state index in [4.69, 9.17) is 0 Å². The van der Waals surface area contributed by atoms with E-state index in [0.29, 0.717) is 25.1 Å². The summed E-state index contributed by atoms with van der Waals surface area (Å²) in [6, 6.07) is 13.5. The van der Waals surface area contributed by atoms with Crippen LogP contribution in [0.4, 0.5) is 5.69 Å². The molecule has 2 aromatic carbocycles. The maximum absolute atomic E-state index is 12.8. The van der Waals surface area contributed by atoms with Crippen molar-refractivity contribution in [2.75, 3.05) is 11.9 Å². The van der Waals surface area contributed by atoms with Gasteiger partial charge in [-0.1, -0.05) is 31.2 Å². The Morgan fingerprint density at radius 1 is 1.03 bits per heavy atom. The van der Waals surface area contributed by atoms with Gasteiger partial charge in [-0.15, -0.1) is 0 Å². The van der Waals surface area contributed by atoms with Crippen LogP contribution in [-0.4, -0.2) is 35.2 Å². The van der Waals surface area contributed by atoms with Crippen LogP contribution in [-0.2, 0) is 29.2 Å². The smallest absolute Gasteiger partial charge is 0.255 e. The number of carbonyl (C=O) groups is 3. The minimum atomic E-state index is -0.579. The number of hydrogen-bond acceptors (Lipinski definition) is 5. The number of rotatable bonds is 7. The highest BCUT2D eigenvalue weighted by Gasteiger charge is 2.38. The third kappa shape index (κ3) is 4.21. The number of piperidine rings is 1. The first kappa shape index (κ1) is 20.1. The van der Waals surface area contributed by atoms with Gasteiger partial charge in [0.1, 0.15) is 6.04 Å². The van der Waals surface area contributed by atoms with Gasteiger partial charge in [0.2, 0.25) is 11.8 Å². The van der Waals surface area contributed by atoms with E-state index in [2.05, 4.69) is 47.1 Å². The molecule has 0 saturated carbocycles. The lowest BCUT2D eigenvalue weighted by Crippen LogP contribution is -2.52. The van der Waals surface area contributed by atoms with Crippen molar-refractivity contribution in [2.24, 2.45) is 0 Å². The molecule has 7 nitrogen and oxygen atoms in total. The van der Waals surface area contributed by atoms with Crippen molar-refractivity contribution in [2.45, 2.75) is 45.4 Å². The van der Waals surface area contributed by atoms with E-state index in [1.807, 2.05) is 18.2 Å². The zero-order valence-electron chi connectivity index (χ0n) is 17.0. The summed E-state index contributed by atoms with van der Waals surface area (Å²) in [6.45, 7) is 4.94. The fraction of sp³-hybridized carbons (Fsp3) is 0.348. The monoisotopic (exact) mass is 406 g/mol. The van der Waals surface area contributed by atoms with Gasteiger partial charge in [0.05, 0.1) is 0 Å². The number of nitrogens with zero attached hydrogens (tertiary/aromatic N) is 1. The number of hydrogen-bond donors (Lipinski definition) is 3. The van der Waals surface area contributed by atoms with E-state index in [1.54, 1.807) is 4.90 Å². The second kappa shape index (κ2) is 8.67. The number of fused-ring (bicyclic) bond motifs is 1. The number of carbonyl (C=O) groups excluding carboxylic acids is 3. The minimum Gasteiger partial charge on any atom is -0.381 e. The molecular formula is C23H26N4O3. The van der Waals surface area contributed by atoms with Gasteiger partial charge in [0.25, 0.3) is 5.91 Å². The Morgan fingerprint density at radius 2 is 1.80 bits per heavy atom. The maximum Gasteiger partial charge on any atom is 0.255 e. The highest BCUT2D eigenvalue weighted by Crippen LogP contribution is 2.28. The summed E-state index contributed by atoms with van der Waals surface area (Å²) in [6.07, 6.45) is 0.640. The largest absolute Gasteiger partial charge is 0.381 e. The van der Waals surface area contributed by atoms with Gasteiger partial charge in [-0.3, -0.25) is 19.7 Å². The lowest BCUT2D eigenvalue weighted by Gasteiger charge is -2.29. The minimum absolute atomic E-state index is 0.143. The van der Waals surface area contributed by atoms with Gasteiger partial charge in [-0.25, -0.2) is 0 Å². The number of imide groups is 1. The lowest BCUT2D eigenvalue weighted by atomic mass is 10.0. The van der Waals surface area contributed by atoms with Gasteiger partial charge >= 0.3 is 0 Å². The molecule has 1 atom stereocenters. The first-order chi connectivity index (χ1) is 14.5.